The van der Waals surface area contributed by atoms with E-state index in [1.54, 1.807) is 0 Å². The molecule has 1 aromatic heterocycles. The Morgan fingerprint density at radius 1 is 1.67 bits per heavy atom. The minimum absolute atomic E-state index is 0.0780. The monoisotopic (exact) mass is 171 g/mol. The normalized spacial score (nSPS) is 9.67. The molecule has 0 aliphatic rings. The summed E-state index contributed by atoms with van der Waals surface area (Å²) >= 11 is 0. The van der Waals surface area contributed by atoms with Crippen LogP contribution in [-0.4, -0.2) is 16.0 Å². The van der Waals surface area contributed by atoms with Crippen LogP contribution in [0.5, 0.6) is 0 Å². The number of carboxylic acid groups (broad SMARTS) is 1. The van der Waals surface area contributed by atoms with Gasteiger partial charge in [0.15, 0.2) is 0 Å². The lowest BCUT2D eigenvalue weighted by Crippen LogP contribution is -1.98. The lowest BCUT2D eigenvalue weighted by molar-refractivity contribution is -0.402. The van der Waals surface area contributed by atoms with Crippen molar-refractivity contribution in [1.29, 1.82) is 0 Å². The number of nitro groups is 1. The third-order valence-electron chi connectivity index (χ3n) is 1.15. The summed E-state index contributed by atoms with van der Waals surface area (Å²) < 4.78 is 4.58. The summed E-state index contributed by atoms with van der Waals surface area (Å²) in [5.74, 6) is -1.44. The zero-order valence-electron chi connectivity index (χ0n) is 5.89. The van der Waals surface area contributed by atoms with Crippen LogP contribution in [0.15, 0.2) is 16.5 Å². The van der Waals surface area contributed by atoms with E-state index in [4.69, 9.17) is 5.11 Å². The average molecular weight is 171 g/mol. The summed E-state index contributed by atoms with van der Waals surface area (Å²) in [5, 5.41) is 18.3. The fourth-order valence-corrected chi connectivity index (χ4v) is 0.709. The molecule has 0 saturated carbocycles. The van der Waals surface area contributed by atoms with Crippen molar-refractivity contribution in [2.45, 2.75) is 6.42 Å². The van der Waals surface area contributed by atoms with Crippen molar-refractivity contribution < 1.29 is 19.2 Å². The third kappa shape index (κ3) is 1.82. The summed E-state index contributed by atoms with van der Waals surface area (Å²) in [6.07, 6.45) is -0.339. The smallest absolute Gasteiger partial charge is 0.433 e. The average Bonchev–Trinajstić information content (AvgIpc) is 2.34. The third-order valence-corrected chi connectivity index (χ3v) is 1.15. The van der Waals surface area contributed by atoms with E-state index in [0.29, 0.717) is 0 Å². The van der Waals surface area contributed by atoms with E-state index in [-0.39, 0.29) is 12.2 Å². The summed E-state index contributed by atoms with van der Waals surface area (Å²) in [4.78, 5) is 19.5. The van der Waals surface area contributed by atoms with Gasteiger partial charge in [0.25, 0.3) is 0 Å². The van der Waals surface area contributed by atoms with Gasteiger partial charge >= 0.3 is 11.9 Å². The van der Waals surface area contributed by atoms with Gasteiger partial charge in [-0.15, -0.1) is 0 Å². The second-order valence-electron chi connectivity index (χ2n) is 2.07. The Hall–Kier alpha value is -1.85. The first kappa shape index (κ1) is 8.25. The minimum atomic E-state index is -1.08. The van der Waals surface area contributed by atoms with Crippen LogP contribution >= 0.6 is 0 Å². The molecule has 6 heteroatoms. The number of furan rings is 1. The number of nitrogens with zero attached hydrogens (tertiary/aromatic N) is 1. The van der Waals surface area contributed by atoms with Crippen LogP contribution < -0.4 is 0 Å². The molecule has 0 radical (unpaired) electrons. The van der Waals surface area contributed by atoms with E-state index < -0.39 is 16.8 Å². The van der Waals surface area contributed by atoms with Gasteiger partial charge in [-0.1, -0.05) is 0 Å². The fourth-order valence-electron chi connectivity index (χ4n) is 0.709. The molecule has 0 fully saturated rings. The van der Waals surface area contributed by atoms with Crippen LogP contribution in [0.1, 0.15) is 5.76 Å². The Labute approximate surface area is 66.6 Å². The summed E-state index contributed by atoms with van der Waals surface area (Å²) in [7, 11) is 0. The molecule has 64 valence electrons. The van der Waals surface area contributed by atoms with Crippen molar-refractivity contribution in [3.8, 4) is 0 Å². The standard InChI is InChI=1S/C6H5NO5/c8-6(9)3-4-1-2-5(12-4)7(10)11/h1-2H,3H2,(H,8,9). The Bertz CT molecular complexity index is 315. The molecule has 0 amide bonds. The van der Waals surface area contributed by atoms with Crippen LogP contribution in [0.4, 0.5) is 5.88 Å². The van der Waals surface area contributed by atoms with E-state index >= 15 is 0 Å². The second kappa shape index (κ2) is 3.04. The number of aliphatic carboxylic acids is 1. The number of hydrogen-bond donors (Lipinski definition) is 1. The molecule has 0 spiro atoms. The predicted molar refractivity (Wildman–Crippen MR) is 36.7 cm³/mol. The highest BCUT2D eigenvalue weighted by atomic mass is 16.6. The molecule has 1 aromatic rings. The van der Waals surface area contributed by atoms with Crippen molar-refractivity contribution in [2.75, 3.05) is 0 Å². The van der Waals surface area contributed by atoms with Gasteiger partial charge in [0, 0.05) is 0 Å². The van der Waals surface area contributed by atoms with Crippen molar-refractivity contribution >= 4 is 11.9 Å². The van der Waals surface area contributed by atoms with E-state index in [1.807, 2.05) is 0 Å². The molecular weight excluding hydrogens is 166 g/mol. The van der Waals surface area contributed by atoms with Crippen molar-refractivity contribution in [1.82, 2.24) is 0 Å². The Balaban J connectivity index is 2.77. The molecule has 0 aromatic carbocycles. The highest BCUT2D eigenvalue weighted by Crippen LogP contribution is 2.15. The number of carbonyl (C=O) groups is 1. The van der Waals surface area contributed by atoms with Crippen molar-refractivity contribution in [3.63, 3.8) is 0 Å². The van der Waals surface area contributed by atoms with Gasteiger partial charge in [0.05, 0.1) is 6.07 Å². The lowest BCUT2D eigenvalue weighted by Gasteiger charge is -1.86. The first-order valence-electron chi connectivity index (χ1n) is 3.04. The Kier molecular flexibility index (Phi) is 2.09. The maximum absolute atomic E-state index is 10.1. The van der Waals surface area contributed by atoms with Gasteiger partial charge in [0.2, 0.25) is 0 Å². The molecule has 1 rings (SSSR count). The maximum Gasteiger partial charge on any atom is 0.433 e. The van der Waals surface area contributed by atoms with Gasteiger partial charge in [0.1, 0.15) is 17.1 Å². The van der Waals surface area contributed by atoms with Gasteiger partial charge in [-0.05, 0) is 6.07 Å². The predicted octanol–water partition coefficient (Wildman–Crippen LogP) is 0.815. The van der Waals surface area contributed by atoms with Crippen molar-refractivity contribution in [2.24, 2.45) is 0 Å². The van der Waals surface area contributed by atoms with Crippen LogP contribution in [0.2, 0.25) is 0 Å². The molecule has 0 saturated heterocycles. The van der Waals surface area contributed by atoms with Gasteiger partial charge in [-0.3, -0.25) is 14.9 Å². The fraction of sp³-hybridized carbons (Fsp3) is 0.167. The molecule has 1 heterocycles. The largest absolute Gasteiger partial charge is 0.481 e. The second-order valence-corrected chi connectivity index (χ2v) is 2.07. The van der Waals surface area contributed by atoms with Gasteiger partial charge in [-0.25, -0.2) is 0 Å². The molecule has 0 unspecified atom stereocenters. The lowest BCUT2D eigenvalue weighted by atomic mass is 10.3. The molecule has 12 heavy (non-hydrogen) atoms. The highest BCUT2D eigenvalue weighted by molar-refractivity contribution is 5.69. The van der Waals surface area contributed by atoms with Crippen LogP contribution in [0.3, 0.4) is 0 Å². The summed E-state index contributed by atoms with van der Waals surface area (Å²) in [6, 6.07) is 2.39. The van der Waals surface area contributed by atoms with E-state index in [2.05, 4.69) is 4.42 Å². The van der Waals surface area contributed by atoms with E-state index in [0.717, 1.165) is 6.07 Å². The molecule has 0 aliphatic carbocycles. The van der Waals surface area contributed by atoms with Crippen LogP contribution in [-0.2, 0) is 11.2 Å². The summed E-state index contributed by atoms with van der Waals surface area (Å²) in [5.41, 5.74) is 0. The molecular formula is C6H5NO5. The van der Waals surface area contributed by atoms with Gasteiger partial charge in [-0.2, -0.15) is 0 Å². The quantitative estimate of drug-likeness (QED) is 0.536. The number of rotatable bonds is 3. The first-order chi connectivity index (χ1) is 5.59. The maximum atomic E-state index is 10.1. The highest BCUT2D eigenvalue weighted by Gasteiger charge is 2.13. The number of carboxylic acids is 1. The molecule has 6 nitrogen and oxygen atoms in total. The van der Waals surface area contributed by atoms with E-state index in [9.17, 15) is 14.9 Å². The van der Waals surface area contributed by atoms with Crippen molar-refractivity contribution in [3.05, 3.63) is 28.0 Å². The zero-order chi connectivity index (χ0) is 9.14. The van der Waals surface area contributed by atoms with E-state index in [1.165, 1.54) is 6.07 Å². The molecule has 0 bridgehead atoms. The Morgan fingerprint density at radius 2 is 2.33 bits per heavy atom. The van der Waals surface area contributed by atoms with Crippen LogP contribution in [0, 0.1) is 10.1 Å². The topological polar surface area (TPSA) is 93.6 Å². The SMILES string of the molecule is O=C(O)Cc1ccc([N+](=O)[O-])o1. The van der Waals surface area contributed by atoms with Crippen LogP contribution in [0.25, 0.3) is 0 Å². The molecule has 0 atom stereocenters. The molecule has 0 aliphatic heterocycles. The first-order valence-corrected chi connectivity index (χ1v) is 3.04. The zero-order valence-corrected chi connectivity index (χ0v) is 5.89. The molecule has 1 N–H and O–H groups in total. The Morgan fingerprint density at radius 3 is 2.75 bits per heavy atom. The summed E-state index contributed by atoms with van der Waals surface area (Å²) in [6.45, 7) is 0. The van der Waals surface area contributed by atoms with Gasteiger partial charge < -0.3 is 9.52 Å². The number of hydrogen-bond acceptors (Lipinski definition) is 4. The minimum Gasteiger partial charge on any atom is -0.481 e.